The largest absolute Gasteiger partial charge is 0.241 e. The van der Waals surface area contributed by atoms with E-state index in [1.54, 1.807) is 19.1 Å². The maximum absolute atomic E-state index is 12.3. The number of rotatable bonds is 4. The molecular weight excluding hydrogens is 270 g/mol. The Bertz CT molecular complexity index is 550. The lowest BCUT2D eigenvalue weighted by Crippen LogP contribution is -2.42. The zero-order chi connectivity index (χ0) is 14.1. The Morgan fingerprint density at radius 2 is 1.83 bits per heavy atom. The number of hydrogen-bond acceptors (Lipinski definition) is 2. The molecule has 3 nitrogen and oxygen atoms in total. The Balaban J connectivity index is 3.27. The fourth-order valence-corrected chi connectivity index (χ4v) is 3.54. The molecule has 0 saturated heterocycles. The Morgan fingerprint density at radius 1 is 1.28 bits per heavy atom. The van der Waals surface area contributed by atoms with Crippen molar-refractivity contribution in [2.24, 2.45) is 0 Å². The number of nitrogens with one attached hydrogen (secondary N) is 1. The minimum atomic E-state index is -3.53. The van der Waals surface area contributed by atoms with Gasteiger partial charge in [-0.3, -0.25) is 0 Å². The zero-order valence-corrected chi connectivity index (χ0v) is 13.0. The van der Waals surface area contributed by atoms with Crippen LogP contribution in [0.5, 0.6) is 0 Å². The second-order valence-electron chi connectivity index (χ2n) is 5.16. The molecule has 1 N–H and O–H groups in total. The smallest absolute Gasteiger partial charge is 0.207 e. The second-order valence-corrected chi connectivity index (χ2v) is 7.19. The van der Waals surface area contributed by atoms with Crippen LogP contribution in [0.25, 0.3) is 0 Å². The van der Waals surface area contributed by atoms with Crippen LogP contribution in [0.15, 0.2) is 17.0 Å². The molecule has 0 aliphatic rings. The van der Waals surface area contributed by atoms with Crippen molar-refractivity contribution in [3.8, 4) is 0 Å². The van der Waals surface area contributed by atoms with E-state index in [9.17, 15) is 8.42 Å². The minimum absolute atomic E-state index is 0.250. The molecule has 18 heavy (non-hydrogen) atoms. The molecule has 0 aliphatic carbocycles. The number of aryl methyl sites for hydroxylation is 1. The maximum Gasteiger partial charge on any atom is 0.241 e. The van der Waals surface area contributed by atoms with E-state index in [0.717, 1.165) is 5.56 Å². The van der Waals surface area contributed by atoms with Crippen LogP contribution in [-0.2, 0) is 10.0 Å². The lowest BCUT2D eigenvalue weighted by atomic mass is 10.0. The highest BCUT2D eigenvalue weighted by atomic mass is 35.5. The average Bonchev–Trinajstić information content (AvgIpc) is 2.24. The van der Waals surface area contributed by atoms with Gasteiger partial charge in [0.15, 0.2) is 0 Å². The van der Waals surface area contributed by atoms with Gasteiger partial charge in [0.05, 0.1) is 4.90 Å². The van der Waals surface area contributed by atoms with Gasteiger partial charge in [-0.25, -0.2) is 13.1 Å². The monoisotopic (exact) mass is 289 g/mol. The molecule has 102 valence electrons. The Morgan fingerprint density at radius 3 is 2.33 bits per heavy atom. The average molecular weight is 290 g/mol. The molecule has 0 heterocycles. The van der Waals surface area contributed by atoms with Gasteiger partial charge >= 0.3 is 0 Å². The molecule has 5 heteroatoms. The molecular formula is C13H20ClNO2S. The summed E-state index contributed by atoms with van der Waals surface area (Å²) in [5.74, 6) is 0. The maximum atomic E-state index is 12.3. The van der Waals surface area contributed by atoms with E-state index in [1.807, 2.05) is 27.7 Å². The van der Waals surface area contributed by atoms with Crippen molar-refractivity contribution < 1.29 is 8.42 Å². The molecule has 0 fully saturated rings. The van der Waals surface area contributed by atoms with Crippen LogP contribution in [0.1, 0.15) is 38.3 Å². The molecule has 1 aromatic rings. The lowest BCUT2D eigenvalue weighted by molar-refractivity contribution is 0.439. The quantitative estimate of drug-likeness (QED) is 0.923. The zero-order valence-electron chi connectivity index (χ0n) is 11.5. The predicted octanol–water partition coefficient (Wildman–Crippen LogP) is 3.42. The summed E-state index contributed by atoms with van der Waals surface area (Å²) in [6.45, 7) is 9.24. The lowest BCUT2D eigenvalue weighted by Gasteiger charge is -2.25. The topological polar surface area (TPSA) is 46.2 Å². The highest BCUT2D eigenvalue weighted by Gasteiger charge is 2.26. The number of sulfonamides is 1. The van der Waals surface area contributed by atoms with Gasteiger partial charge in [-0.1, -0.05) is 24.6 Å². The number of hydrogen-bond donors (Lipinski definition) is 1. The molecule has 0 radical (unpaired) electrons. The summed E-state index contributed by atoms with van der Waals surface area (Å²) < 4.78 is 27.3. The fourth-order valence-electron chi connectivity index (χ4n) is 1.58. The summed E-state index contributed by atoms with van der Waals surface area (Å²) in [5.41, 5.74) is 1.00. The summed E-state index contributed by atoms with van der Waals surface area (Å²) in [6.07, 6.45) is 0.713. The van der Waals surface area contributed by atoms with Gasteiger partial charge < -0.3 is 0 Å². The van der Waals surface area contributed by atoms with Gasteiger partial charge in [0.25, 0.3) is 0 Å². The summed E-state index contributed by atoms with van der Waals surface area (Å²) in [5, 5.41) is 0.507. The SMILES string of the molecule is CCC(C)(C)NS(=O)(=O)c1ccc(C)c(Cl)c1C. The van der Waals surface area contributed by atoms with Crippen molar-refractivity contribution in [2.75, 3.05) is 0 Å². The van der Waals surface area contributed by atoms with Gasteiger partial charge in [0.1, 0.15) is 0 Å². The van der Waals surface area contributed by atoms with Gasteiger partial charge in [0, 0.05) is 10.6 Å². The molecule has 1 rings (SSSR count). The van der Waals surface area contributed by atoms with Crippen LogP contribution >= 0.6 is 11.6 Å². The third-order valence-electron chi connectivity index (χ3n) is 3.11. The molecule has 0 unspecified atom stereocenters. The molecule has 0 saturated carbocycles. The van der Waals surface area contributed by atoms with Crippen molar-refractivity contribution >= 4 is 21.6 Å². The highest BCUT2D eigenvalue weighted by molar-refractivity contribution is 7.89. The van der Waals surface area contributed by atoms with E-state index < -0.39 is 15.6 Å². The number of benzene rings is 1. The van der Waals surface area contributed by atoms with E-state index >= 15 is 0 Å². The minimum Gasteiger partial charge on any atom is -0.207 e. The van der Waals surface area contributed by atoms with Gasteiger partial charge in [-0.2, -0.15) is 0 Å². The molecule has 1 aromatic carbocycles. The summed E-state index contributed by atoms with van der Waals surface area (Å²) in [7, 11) is -3.53. The van der Waals surface area contributed by atoms with Gasteiger partial charge in [-0.05, 0) is 51.3 Å². The fraction of sp³-hybridized carbons (Fsp3) is 0.538. The van der Waals surface area contributed by atoms with Crippen molar-refractivity contribution in [1.29, 1.82) is 0 Å². The van der Waals surface area contributed by atoms with Crippen LogP contribution in [0, 0.1) is 13.8 Å². The summed E-state index contributed by atoms with van der Waals surface area (Å²) in [6, 6.07) is 3.33. The molecule has 0 aromatic heterocycles. The van der Waals surface area contributed by atoms with Crippen LogP contribution in [0.4, 0.5) is 0 Å². The molecule has 0 atom stereocenters. The predicted molar refractivity (Wildman–Crippen MR) is 75.6 cm³/mol. The third-order valence-corrected chi connectivity index (χ3v) is 5.54. The van der Waals surface area contributed by atoms with Crippen LogP contribution in [0.2, 0.25) is 5.02 Å². The number of halogens is 1. The molecule has 0 bridgehead atoms. The first-order chi connectivity index (χ1) is 8.10. The third kappa shape index (κ3) is 3.25. The van der Waals surface area contributed by atoms with Crippen molar-refractivity contribution in [1.82, 2.24) is 4.72 Å². The van der Waals surface area contributed by atoms with Crippen molar-refractivity contribution in [2.45, 2.75) is 51.5 Å². The Labute approximate surface area is 115 Å². The molecule has 0 amide bonds. The molecule has 0 spiro atoms. The van der Waals surface area contributed by atoms with Crippen molar-refractivity contribution in [3.05, 3.63) is 28.3 Å². The molecule has 0 aliphatic heterocycles. The first-order valence-electron chi connectivity index (χ1n) is 5.90. The highest BCUT2D eigenvalue weighted by Crippen LogP contribution is 2.27. The van der Waals surface area contributed by atoms with Crippen LogP contribution in [0.3, 0.4) is 0 Å². The normalized spacial score (nSPS) is 12.8. The van der Waals surface area contributed by atoms with E-state index in [1.165, 1.54) is 0 Å². The van der Waals surface area contributed by atoms with Gasteiger partial charge in [-0.15, -0.1) is 0 Å². The Hall–Kier alpha value is -0.580. The Kier molecular flexibility index (Phi) is 4.47. The first-order valence-corrected chi connectivity index (χ1v) is 7.76. The van der Waals surface area contributed by atoms with E-state index in [-0.39, 0.29) is 4.90 Å². The summed E-state index contributed by atoms with van der Waals surface area (Å²) >= 11 is 6.10. The van der Waals surface area contributed by atoms with Crippen LogP contribution in [-0.4, -0.2) is 14.0 Å². The van der Waals surface area contributed by atoms with E-state index in [0.29, 0.717) is 17.0 Å². The van der Waals surface area contributed by atoms with Crippen molar-refractivity contribution in [3.63, 3.8) is 0 Å². The van der Waals surface area contributed by atoms with E-state index in [2.05, 4.69) is 4.72 Å². The van der Waals surface area contributed by atoms with Crippen LogP contribution < -0.4 is 4.72 Å². The second kappa shape index (κ2) is 5.19. The first kappa shape index (κ1) is 15.5. The summed E-state index contributed by atoms with van der Waals surface area (Å²) in [4.78, 5) is 0.250. The van der Waals surface area contributed by atoms with Gasteiger partial charge in [0.2, 0.25) is 10.0 Å². The van der Waals surface area contributed by atoms with E-state index in [4.69, 9.17) is 11.6 Å². The standard InChI is InChI=1S/C13H20ClNO2S/c1-6-13(4,5)15-18(16,17)11-8-7-9(2)12(14)10(11)3/h7-8,15H,6H2,1-5H3.